The van der Waals surface area contributed by atoms with Gasteiger partial charge in [0.25, 0.3) is 17.7 Å². The normalized spacial score (nSPS) is 12.9. The van der Waals surface area contributed by atoms with Crippen molar-refractivity contribution in [3.05, 3.63) is 93.8 Å². The van der Waals surface area contributed by atoms with E-state index in [1.54, 1.807) is 19.1 Å². The van der Waals surface area contributed by atoms with Crippen molar-refractivity contribution in [1.82, 2.24) is 0 Å². The highest BCUT2D eigenvalue weighted by molar-refractivity contribution is 6.35. The summed E-state index contributed by atoms with van der Waals surface area (Å²) in [7, 11) is 0. The molecule has 3 aromatic rings. The molecule has 1 heterocycles. The summed E-state index contributed by atoms with van der Waals surface area (Å²) < 4.78 is 13.5. The van der Waals surface area contributed by atoms with E-state index in [2.05, 4.69) is 5.32 Å². The van der Waals surface area contributed by atoms with Crippen LogP contribution in [0, 0.1) is 26.6 Å². The first-order chi connectivity index (χ1) is 14.3. The van der Waals surface area contributed by atoms with E-state index in [4.69, 9.17) is 0 Å². The van der Waals surface area contributed by atoms with Gasteiger partial charge in [-0.25, -0.2) is 9.29 Å². The van der Waals surface area contributed by atoms with Crippen molar-refractivity contribution < 1.29 is 18.8 Å². The Balaban J connectivity index is 1.67. The molecule has 150 valence electrons. The number of nitrogens with zero attached hydrogens (tertiary/aromatic N) is 1. The van der Waals surface area contributed by atoms with E-state index in [0.717, 1.165) is 16.0 Å². The number of amides is 3. The minimum absolute atomic E-state index is 0.171. The van der Waals surface area contributed by atoms with Gasteiger partial charge in [-0.15, -0.1) is 0 Å². The van der Waals surface area contributed by atoms with Gasteiger partial charge in [-0.2, -0.15) is 0 Å². The monoisotopic (exact) mass is 402 g/mol. The van der Waals surface area contributed by atoms with Gasteiger partial charge < -0.3 is 5.32 Å². The Labute approximate surface area is 173 Å². The molecule has 1 aliphatic heterocycles. The predicted molar refractivity (Wildman–Crippen MR) is 113 cm³/mol. The van der Waals surface area contributed by atoms with Gasteiger partial charge in [-0.1, -0.05) is 18.2 Å². The van der Waals surface area contributed by atoms with Gasteiger partial charge in [0.2, 0.25) is 0 Å². The molecule has 0 aliphatic carbocycles. The number of aryl methyl sites for hydroxylation is 3. The van der Waals surface area contributed by atoms with Crippen molar-refractivity contribution in [2.45, 2.75) is 20.8 Å². The molecule has 0 saturated heterocycles. The second-order valence-corrected chi connectivity index (χ2v) is 7.41. The molecule has 0 radical (unpaired) electrons. The first-order valence-corrected chi connectivity index (χ1v) is 9.44. The van der Waals surface area contributed by atoms with Gasteiger partial charge in [0.05, 0.1) is 16.8 Å². The Kier molecular flexibility index (Phi) is 4.70. The molecule has 1 N–H and O–H groups in total. The van der Waals surface area contributed by atoms with E-state index in [0.29, 0.717) is 16.9 Å². The number of carbonyl (C=O) groups excluding carboxylic acids is 3. The van der Waals surface area contributed by atoms with E-state index in [1.165, 1.54) is 30.3 Å². The van der Waals surface area contributed by atoms with Crippen LogP contribution in [0.1, 0.15) is 47.8 Å². The quantitative estimate of drug-likeness (QED) is 0.640. The third kappa shape index (κ3) is 3.26. The van der Waals surface area contributed by atoms with Crippen molar-refractivity contribution in [2.24, 2.45) is 0 Å². The van der Waals surface area contributed by atoms with Crippen LogP contribution in [0.15, 0.2) is 54.6 Å². The molecular weight excluding hydrogens is 383 g/mol. The number of imide groups is 1. The lowest BCUT2D eigenvalue weighted by Gasteiger charge is -2.17. The van der Waals surface area contributed by atoms with Gasteiger partial charge in [0.15, 0.2) is 0 Å². The fourth-order valence-corrected chi connectivity index (χ4v) is 3.48. The van der Waals surface area contributed by atoms with E-state index in [-0.39, 0.29) is 16.7 Å². The number of nitrogens with one attached hydrogen (secondary N) is 1. The number of halogens is 1. The number of rotatable bonds is 3. The smallest absolute Gasteiger partial charge is 0.266 e. The minimum Gasteiger partial charge on any atom is -0.322 e. The summed E-state index contributed by atoms with van der Waals surface area (Å²) in [4.78, 5) is 39.7. The van der Waals surface area contributed by atoms with Crippen LogP contribution in [0.2, 0.25) is 0 Å². The number of hydrogen-bond donors (Lipinski definition) is 1. The summed E-state index contributed by atoms with van der Waals surface area (Å²) in [5.74, 6) is -1.84. The molecule has 3 aromatic carbocycles. The van der Waals surface area contributed by atoms with Gasteiger partial charge in [0, 0.05) is 11.3 Å². The highest BCUT2D eigenvalue weighted by atomic mass is 19.1. The maximum absolute atomic E-state index is 13.5. The molecule has 0 spiro atoms. The molecular formula is C24H19FN2O3. The Bertz CT molecular complexity index is 1230. The molecule has 3 amide bonds. The molecule has 30 heavy (non-hydrogen) atoms. The maximum atomic E-state index is 13.5. The van der Waals surface area contributed by atoms with E-state index in [1.807, 2.05) is 26.0 Å². The molecule has 0 unspecified atom stereocenters. The predicted octanol–water partition coefficient (Wildman–Crippen LogP) is 4.80. The second kappa shape index (κ2) is 7.22. The maximum Gasteiger partial charge on any atom is 0.266 e. The van der Waals surface area contributed by atoms with Crippen LogP contribution in [0.5, 0.6) is 0 Å². The van der Waals surface area contributed by atoms with Crippen LogP contribution < -0.4 is 10.2 Å². The number of fused-ring (bicyclic) bond motifs is 1. The Morgan fingerprint density at radius 3 is 2.30 bits per heavy atom. The third-order valence-corrected chi connectivity index (χ3v) is 5.20. The molecule has 0 aromatic heterocycles. The summed E-state index contributed by atoms with van der Waals surface area (Å²) in [5, 5.41) is 2.66. The fourth-order valence-electron chi connectivity index (χ4n) is 3.48. The number of hydrogen-bond acceptors (Lipinski definition) is 3. The highest BCUT2D eigenvalue weighted by Crippen LogP contribution is 2.32. The van der Waals surface area contributed by atoms with Crippen LogP contribution in [0.4, 0.5) is 15.8 Å². The summed E-state index contributed by atoms with van der Waals surface area (Å²) in [5.41, 5.74) is 3.94. The first kappa shape index (κ1) is 19.5. The van der Waals surface area contributed by atoms with Gasteiger partial charge >= 0.3 is 0 Å². The van der Waals surface area contributed by atoms with E-state index < -0.39 is 23.5 Å². The lowest BCUT2D eigenvalue weighted by Crippen LogP contribution is -2.30. The fraction of sp³-hybridized carbons (Fsp3) is 0.125. The Hall–Kier alpha value is -3.80. The van der Waals surface area contributed by atoms with Crippen LogP contribution in [-0.2, 0) is 0 Å². The summed E-state index contributed by atoms with van der Waals surface area (Å²) in [6.07, 6.45) is 0. The van der Waals surface area contributed by atoms with Crippen LogP contribution >= 0.6 is 0 Å². The van der Waals surface area contributed by atoms with Crippen molar-refractivity contribution in [2.75, 3.05) is 10.2 Å². The lowest BCUT2D eigenvalue weighted by molar-refractivity contribution is 0.0925. The average molecular weight is 402 g/mol. The minimum atomic E-state index is -0.489. The average Bonchev–Trinajstić information content (AvgIpc) is 2.96. The molecule has 6 heteroatoms. The van der Waals surface area contributed by atoms with Crippen molar-refractivity contribution >= 4 is 29.1 Å². The largest absolute Gasteiger partial charge is 0.322 e. The topological polar surface area (TPSA) is 66.5 Å². The second-order valence-electron chi connectivity index (χ2n) is 7.41. The van der Waals surface area contributed by atoms with Crippen molar-refractivity contribution in [3.8, 4) is 0 Å². The Morgan fingerprint density at radius 2 is 1.53 bits per heavy atom. The number of benzene rings is 3. The van der Waals surface area contributed by atoms with E-state index >= 15 is 0 Å². The van der Waals surface area contributed by atoms with Crippen molar-refractivity contribution in [1.29, 1.82) is 0 Å². The molecule has 0 fully saturated rings. The van der Waals surface area contributed by atoms with Crippen molar-refractivity contribution in [3.63, 3.8) is 0 Å². The SMILES string of the molecule is Cc1ccc(C)c(N2C(=O)c3ccc(C(=O)Nc4cc(F)ccc4C)cc3C2=O)c1. The van der Waals surface area contributed by atoms with Crippen LogP contribution in [0.3, 0.4) is 0 Å². The Morgan fingerprint density at radius 1 is 0.833 bits per heavy atom. The third-order valence-electron chi connectivity index (χ3n) is 5.20. The summed E-state index contributed by atoms with van der Waals surface area (Å²) >= 11 is 0. The summed E-state index contributed by atoms with van der Waals surface area (Å²) in [6, 6.07) is 14.0. The van der Waals surface area contributed by atoms with Crippen LogP contribution in [0.25, 0.3) is 0 Å². The zero-order chi connectivity index (χ0) is 21.6. The molecule has 0 saturated carbocycles. The zero-order valence-corrected chi connectivity index (χ0v) is 16.7. The van der Waals surface area contributed by atoms with Gasteiger partial charge in [0.1, 0.15) is 5.82 Å². The van der Waals surface area contributed by atoms with Gasteiger partial charge in [-0.05, 0) is 73.9 Å². The summed E-state index contributed by atoms with van der Waals surface area (Å²) in [6.45, 7) is 5.47. The molecule has 1 aliphatic rings. The van der Waals surface area contributed by atoms with E-state index in [9.17, 15) is 18.8 Å². The number of carbonyl (C=O) groups is 3. The molecule has 0 bridgehead atoms. The number of anilines is 2. The standard InChI is InChI=1S/C24H19FN2O3/c1-13-4-5-15(3)21(10-13)27-23(29)18-9-7-16(11-19(18)24(27)30)22(28)26-20-12-17(25)8-6-14(20)2/h4-12H,1-3H3,(H,26,28). The molecule has 5 nitrogen and oxygen atoms in total. The lowest BCUT2D eigenvalue weighted by atomic mass is 10.0. The first-order valence-electron chi connectivity index (χ1n) is 9.44. The molecule has 4 rings (SSSR count). The van der Waals surface area contributed by atoms with Gasteiger partial charge in [-0.3, -0.25) is 14.4 Å². The van der Waals surface area contributed by atoms with Crippen LogP contribution in [-0.4, -0.2) is 17.7 Å². The highest BCUT2D eigenvalue weighted by Gasteiger charge is 2.37. The molecule has 0 atom stereocenters. The zero-order valence-electron chi connectivity index (χ0n) is 16.7.